The van der Waals surface area contributed by atoms with Gasteiger partial charge in [0.25, 0.3) is 0 Å². The van der Waals surface area contributed by atoms with E-state index in [1.54, 1.807) is 0 Å². The number of ether oxygens (including phenoxy) is 1. The zero-order valence-electron chi connectivity index (χ0n) is 6.49. The van der Waals surface area contributed by atoms with Gasteiger partial charge in [0.15, 0.2) is 6.29 Å². The van der Waals surface area contributed by atoms with E-state index in [0.29, 0.717) is 6.61 Å². The Balaban J connectivity index is 1.99. The van der Waals surface area contributed by atoms with Crippen molar-refractivity contribution in [3.8, 4) is 0 Å². The summed E-state index contributed by atoms with van der Waals surface area (Å²) in [5.74, 6) is 0. The smallest absolute Gasteiger partial charge is 0.183 e. The Kier molecular flexibility index (Phi) is 2.09. The number of hydrogen-bond acceptors (Lipinski definition) is 4. The van der Waals surface area contributed by atoms with Gasteiger partial charge in [0.1, 0.15) is 6.17 Å². The van der Waals surface area contributed by atoms with Crippen molar-refractivity contribution in [2.75, 3.05) is 26.2 Å². The zero-order valence-corrected chi connectivity index (χ0v) is 6.49. The molecule has 0 aromatic rings. The van der Waals surface area contributed by atoms with Crippen LogP contribution in [-0.2, 0) is 4.74 Å². The highest BCUT2D eigenvalue weighted by Crippen LogP contribution is 2.13. The Morgan fingerprint density at radius 1 is 1.45 bits per heavy atom. The van der Waals surface area contributed by atoms with Gasteiger partial charge in [-0.1, -0.05) is 0 Å². The van der Waals surface area contributed by atoms with Crippen molar-refractivity contribution in [1.29, 1.82) is 0 Å². The fourth-order valence-electron chi connectivity index (χ4n) is 1.71. The predicted octanol–water partition coefficient (Wildman–Crippen LogP) is -1.04. The third kappa shape index (κ3) is 1.39. The van der Waals surface area contributed by atoms with Gasteiger partial charge in [-0.25, -0.2) is 0 Å². The first-order valence-electron chi connectivity index (χ1n) is 4.15. The van der Waals surface area contributed by atoms with Crippen LogP contribution in [0.1, 0.15) is 6.42 Å². The monoisotopic (exact) mass is 158 g/mol. The topological polar surface area (TPSA) is 44.7 Å². The molecule has 0 bridgehead atoms. The highest BCUT2D eigenvalue weighted by atomic mass is 16.6. The first-order chi connectivity index (χ1) is 5.38. The van der Waals surface area contributed by atoms with Gasteiger partial charge in [0.05, 0.1) is 6.61 Å². The fraction of sp³-hybridized carbons (Fsp3) is 1.00. The average molecular weight is 158 g/mol. The lowest BCUT2D eigenvalue weighted by atomic mass is 10.2. The molecule has 11 heavy (non-hydrogen) atoms. The number of fused-ring (bicyclic) bond motifs is 1. The van der Waals surface area contributed by atoms with Gasteiger partial charge in [-0.2, -0.15) is 0 Å². The molecule has 4 nitrogen and oxygen atoms in total. The summed E-state index contributed by atoms with van der Waals surface area (Å²) in [6.07, 6.45) is 0.574. The van der Waals surface area contributed by atoms with E-state index in [0.717, 1.165) is 19.6 Å². The minimum absolute atomic E-state index is 0.0394. The molecule has 2 heterocycles. The first kappa shape index (κ1) is 7.49. The van der Waals surface area contributed by atoms with Crippen LogP contribution in [0.5, 0.6) is 0 Å². The third-order valence-electron chi connectivity index (χ3n) is 2.31. The van der Waals surface area contributed by atoms with E-state index in [1.807, 2.05) is 0 Å². The lowest BCUT2D eigenvalue weighted by molar-refractivity contribution is -0.192. The molecule has 2 aliphatic rings. The van der Waals surface area contributed by atoms with Crippen LogP contribution in [0.4, 0.5) is 0 Å². The number of aliphatic hydroxyl groups is 1. The Morgan fingerprint density at radius 2 is 2.36 bits per heavy atom. The van der Waals surface area contributed by atoms with Crippen LogP contribution < -0.4 is 5.32 Å². The van der Waals surface area contributed by atoms with Crippen LogP contribution in [0.25, 0.3) is 0 Å². The molecule has 2 atom stereocenters. The van der Waals surface area contributed by atoms with E-state index < -0.39 is 6.29 Å². The lowest BCUT2D eigenvalue weighted by Gasteiger charge is -2.42. The Morgan fingerprint density at radius 3 is 3.18 bits per heavy atom. The zero-order chi connectivity index (χ0) is 7.68. The molecule has 0 aromatic carbocycles. The van der Waals surface area contributed by atoms with Gasteiger partial charge in [-0.3, -0.25) is 10.2 Å². The van der Waals surface area contributed by atoms with E-state index >= 15 is 0 Å². The fourth-order valence-corrected chi connectivity index (χ4v) is 1.71. The van der Waals surface area contributed by atoms with Gasteiger partial charge in [0.2, 0.25) is 0 Å². The molecule has 4 heteroatoms. The minimum Gasteiger partial charge on any atom is -0.366 e. The molecule has 0 aromatic heterocycles. The molecular formula is C7H14N2O2. The molecule has 2 saturated heterocycles. The summed E-state index contributed by atoms with van der Waals surface area (Å²) in [5.41, 5.74) is 0. The molecule has 64 valence electrons. The summed E-state index contributed by atoms with van der Waals surface area (Å²) in [6, 6.07) is 0. The van der Waals surface area contributed by atoms with Crippen molar-refractivity contribution in [2.45, 2.75) is 18.9 Å². The highest BCUT2D eigenvalue weighted by molar-refractivity contribution is 4.80. The molecule has 0 amide bonds. The second-order valence-corrected chi connectivity index (χ2v) is 3.05. The van der Waals surface area contributed by atoms with E-state index in [-0.39, 0.29) is 6.17 Å². The van der Waals surface area contributed by atoms with Crippen LogP contribution >= 0.6 is 0 Å². The number of nitrogens with one attached hydrogen (secondary N) is 1. The Bertz CT molecular complexity index is 140. The number of morpholine rings is 1. The first-order valence-corrected chi connectivity index (χ1v) is 4.15. The number of nitrogens with zero attached hydrogens (tertiary/aromatic N) is 1. The maximum atomic E-state index is 9.38. The number of aliphatic hydroxyl groups excluding tert-OH is 1. The quantitative estimate of drug-likeness (QED) is 0.472. The highest BCUT2D eigenvalue weighted by Gasteiger charge is 2.31. The normalized spacial score (nSPS) is 40.1. The summed E-state index contributed by atoms with van der Waals surface area (Å²) in [6.45, 7) is 3.66. The molecular weight excluding hydrogens is 144 g/mol. The van der Waals surface area contributed by atoms with Crippen molar-refractivity contribution in [3.63, 3.8) is 0 Å². The second kappa shape index (κ2) is 3.06. The molecule has 2 rings (SSSR count). The maximum Gasteiger partial charge on any atom is 0.183 e. The Labute approximate surface area is 66.1 Å². The van der Waals surface area contributed by atoms with Crippen LogP contribution in [0, 0.1) is 0 Å². The molecule has 0 aliphatic carbocycles. The average Bonchev–Trinajstić information content (AvgIpc) is 2.06. The summed E-state index contributed by atoms with van der Waals surface area (Å²) >= 11 is 0. The molecule has 0 saturated carbocycles. The van der Waals surface area contributed by atoms with E-state index in [9.17, 15) is 5.11 Å². The molecule has 2 fully saturated rings. The maximum absolute atomic E-state index is 9.38. The SMILES string of the molecule is O[C@@H]1OCCN2CCCN[C@@H]12. The van der Waals surface area contributed by atoms with Gasteiger partial charge in [-0.05, 0) is 13.0 Å². The second-order valence-electron chi connectivity index (χ2n) is 3.05. The van der Waals surface area contributed by atoms with Crippen molar-refractivity contribution >= 4 is 0 Å². The molecule has 2 N–H and O–H groups in total. The summed E-state index contributed by atoms with van der Waals surface area (Å²) in [5, 5.41) is 12.6. The van der Waals surface area contributed by atoms with E-state index in [4.69, 9.17) is 4.74 Å². The standard InChI is InChI=1S/C7H14N2O2/c10-7-6-8-2-1-3-9(6)4-5-11-7/h6-8,10H,1-5H2/t6-,7-/m1/s1. The van der Waals surface area contributed by atoms with Crippen LogP contribution in [0.2, 0.25) is 0 Å². The largest absolute Gasteiger partial charge is 0.366 e. The van der Waals surface area contributed by atoms with Gasteiger partial charge in [0, 0.05) is 13.1 Å². The van der Waals surface area contributed by atoms with Crippen molar-refractivity contribution in [1.82, 2.24) is 10.2 Å². The van der Waals surface area contributed by atoms with Crippen LogP contribution in [0.3, 0.4) is 0 Å². The van der Waals surface area contributed by atoms with Crippen molar-refractivity contribution in [3.05, 3.63) is 0 Å². The number of rotatable bonds is 0. The molecule has 2 aliphatic heterocycles. The summed E-state index contributed by atoms with van der Waals surface area (Å²) in [4.78, 5) is 2.23. The Hall–Kier alpha value is -0.160. The summed E-state index contributed by atoms with van der Waals surface area (Å²) in [7, 11) is 0. The molecule has 0 radical (unpaired) electrons. The minimum atomic E-state index is -0.635. The predicted molar refractivity (Wildman–Crippen MR) is 39.9 cm³/mol. The van der Waals surface area contributed by atoms with Gasteiger partial charge >= 0.3 is 0 Å². The van der Waals surface area contributed by atoms with Crippen molar-refractivity contribution < 1.29 is 9.84 Å². The number of hydrogen-bond donors (Lipinski definition) is 2. The third-order valence-corrected chi connectivity index (χ3v) is 2.31. The molecule has 0 spiro atoms. The molecule has 0 unspecified atom stereocenters. The van der Waals surface area contributed by atoms with Crippen molar-refractivity contribution in [2.24, 2.45) is 0 Å². The van der Waals surface area contributed by atoms with Gasteiger partial charge < -0.3 is 9.84 Å². The summed E-state index contributed by atoms with van der Waals surface area (Å²) < 4.78 is 5.10. The van der Waals surface area contributed by atoms with E-state index in [2.05, 4.69) is 10.2 Å². The van der Waals surface area contributed by atoms with Gasteiger partial charge in [-0.15, -0.1) is 0 Å². The van der Waals surface area contributed by atoms with E-state index in [1.165, 1.54) is 6.42 Å². The van der Waals surface area contributed by atoms with Crippen LogP contribution in [-0.4, -0.2) is 48.7 Å². The van der Waals surface area contributed by atoms with Crippen LogP contribution in [0.15, 0.2) is 0 Å². The lowest BCUT2D eigenvalue weighted by Crippen LogP contribution is -2.61.